The highest BCUT2D eigenvalue weighted by molar-refractivity contribution is 6.42. The van der Waals surface area contributed by atoms with Gasteiger partial charge in [-0.2, -0.15) is 0 Å². The number of hydrogen-bond acceptors (Lipinski definition) is 3. The number of nitrogens with zero attached hydrogens (tertiary/aromatic N) is 2. The topological polar surface area (TPSA) is 32.8 Å². The second kappa shape index (κ2) is 8.51. The van der Waals surface area contributed by atoms with Gasteiger partial charge in [0.05, 0.1) is 29.1 Å². The molecule has 0 bridgehead atoms. The molecule has 2 saturated heterocycles. The molecule has 0 unspecified atom stereocenters. The average molecular weight is 425 g/mol. The maximum Gasteiger partial charge on any atom is 0.227 e. The first kappa shape index (κ1) is 20.5. The summed E-state index contributed by atoms with van der Waals surface area (Å²) in [7, 11) is 2.00. The van der Waals surface area contributed by atoms with Crippen molar-refractivity contribution in [3.05, 3.63) is 33.8 Å². The minimum absolute atomic E-state index is 0.105. The molecule has 3 aliphatic rings. The third-order valence-corrected chi connectivity index (χ3v) is 7.80. The molecule has 3 atom stereocenters. The Labute approximate surface area is 178 Å². The summed E-state index contributed by atoms with van der Waals surface area (Å²) in [5.41, 5.74) is 1.02. The van der Waals surface area contributed by atoms with E-state index in [0.29, 0.717) is 22.5 Å². The first-order chi connectivity index (χ1) is 13.5. The zero-order chi connectivity index (χ0) is 19.7. The van der Waals surface area contributed by atoms with Gasteiger partial charge in [-0.1, -0.05) is 35.7 Å². The van der Waals surface area contributed by atoms with Crippen LogP contribution in [0.1, 0.15) is 44.1 Å². The van der Waals surface area contributed by atoms with Gasteiger partial charge in [-0.15, -0.1) is 0 Å². The summed E-state index contributed by atoms with van der Waals surface area (Å²) < 4.78 is 5.87. The van der Waals surface area contributed by atoms with E-state index in [0.717, 1.165) is 44.7 Å². The highest BCUT2D eigenvalue weighted by Crippen LogP contribution is 2.47. The highest BCUT2D eigenvalue weighted by atomic mass is 35.5. The molecule has 2 heterocycles. The predicted octanol–water partition coefficient (Wildman–Crippen LogP) is 4.42. The van der Waals surface area contributed by atoms with Crippen molar-refractivity contribution < 1.29 is 9.53 Å². The van der Waals surface area contributed by atoms with Crippen LogP contribution in [-0.4, -0.2) is 61.1 Å². The number of amides is 1. The SMILES string of the molecule is CN(C(=O)Cc1ccc(Cl)c(Cl)c1)[C@@H]1[C@@H](N2CCCC2)CCC[C@]12CCOC2. The van der Waals surface area contributed by atoms with Crippen LogP contribution >= 0.6 is 23.2 Å². The number of carbonyl (C=O) groups is 1. The molecule has 1 amide bonds. The van der Waals surface area contributed by atoms with Gasteiger partial charge >= 0.3 is 0 Å². The lowest BCUT2D eigenvalue weighted by Gasteiger charge is -2.52. The molecule has 2 aliphatic heterocycles. The molecule has 4 rings (SSSR count). The molecule has 1 aliphatic carbocycles. The normalized spacial score (nSPS) is 30.8. The number of hydrogen-bond donors (Lipinski definition) is 0. The van der Waals surface area contributed by atoms with Crippen molar-refractivity contribution in [1.29, 1.82) is 0 Å². The van der Waals surface area contributed by atoms with E-state index in [9.17, 15) is 4.79 Å². The molecule has 6 heteroatoms. The van der Waals surface area contributed by atoms with Crippen LogP contribution in [0.5, 0.6) is 0 Å². The minimum atomic E-state index is 0.105. The Morgan fingerprint density at radius 3 is 2.68 bits per heavy atom. The van der Waals surface area contributed by atoms with E-state index in [-0.39, 0.29) is 17.4 Å². The lowest BCUT2D eigenvalue weighted by atomic mass is 9.66. The van der Waals surface area contributed by atoms with Crippen LogP contribution in [-0.2, 0) is 16.0 Å². The Bertz CT molecular complexity index is 714. The Morgan fingerprint density at radius 1 is 1.21 bits per heavy atom. The van der Waals surface area contributed by atoms with E-state index in [1.165, 1.54) is 25.7 Å². The Hall–Kier alpha value is -0.810. The first-order valence-electron chi connectivity index (χ1n) is 10.5. The van der Waals surface area contributed by atoms with E-state index < -0.39 is 0 Å². The van der Waals surface area contributed by atoms with Gasteiger partial charge in [-0.05, 0) is 62.9 Å². The van der Waals surface area contributed by atoms with Crippen molar-refractivity contribution in [1.82, 2.24) is 9.80 Å². The van der Waals surface area contributed by atoms with E-state index in [2.05, 4.69) is 4.90 Å². The fourth-order valence-corrected chi connectivity index (χ4v) is 5.98. The largest absolute Gasteiger partial charge is 0.381 e. The first-order valence-corrected chi connectivity index (χ1v) is 11.3. The zero-order valence-corrected chi connectivity index (χ0v) is 18.1. The Kier molecular flexibility index (Phi) is 6.22. The van der Waals surface area contributed by atoms with Gasteiger partial charge in [-0.25, -0.2) is 0 Å². The van der Waals surface area contributed by atoms with Crippen LogP contribution in [0.3, 0.4) is 0 Å². The van der Waals surface area contributed by atoms with Crippen LogP contribution in [0, 0.1) is 5.41 Å². The molecular weight excluding hydrogens is 395 g/mol. The number of carbonyl (C=O) groups excluding carboxylic acids is 1. The molecule has 1 saturated carbocycles. The number of ether oxygens (including phenoxy) is 1. The van der Waals surface area contributed by atoms with E-state index in [4.69, 9.17) is 27.9 Å². The number of rotatable bonds is 4. The summed E-state index contributed by atoms with van der Waals surface area (Å²) in [6.07, 6.45) is 7.53. The molecule has 0 radical (unpaired) electrons. The van der Waals surface area contributed by atoms with Gasteiger partial charge in [-0.3, -0.25) is 9.69 Å². The van der Waals surface area contributed by atoms with Gasteiger partial charge in [0.1, 0.15) is 0 Å². The molecular formula is C22H30Cl2N2O2. The predicted molar refractivity (Wildman–Crippen MR) is 113 cm³/mol. The lowest BCUT2D eigenvalue weighted by Crippen LogP contribution is -2.62. The Balaban J connectivity index is 1.57. The highest BCUT2D eigenvalue weighted by Gasteiger charge is 2.52. The number of likely N-dealkylation sites (N-methyl/N-ethyl adjacent to an activating group) is 1. The van der Waals surface area contributed by atoms with Gasteiger partial charge in [0.15, 0.2) is 0 Å². The lowest BCUT2D eigenvalue weighted by molar-refractivity contribution is -0.138. The van der Waals surface area contributed by atoms with Crippen LogP contribution in [0.25, 0.3) is 0 Å². The third kappa shape index (κ3) is 3.94. The standard InChI is InChI=1S/C22H30Cl2N2O2/c1-25(20(27)14-16-6-7-17(23)18(24)13-16)21-19(26-10-2-3-11-26)5-4-8-22(21)9-12-28-15-22/h6-7,13,19,21H,2-5,8-12,14-15H2,1H3/t19-,21+,22+/m0/s1. The summed E-state index contributed by atoms with van der Waals surface area (Å²) in [6.45, 7) is 3.92. The average Bonchev–Trinajstić information content (AvgIpc) is 3.37. The van der Waals surface area contributed by atoms with Crippen molar-refractivity contribution in [2.75, 3.05) is 33.4 Å². The number of benzene rings is 1. The fraction of sp³-hybridized carbons (Fsp3) is 0.682. The number of halogens is 2. The summed E-state index contributed by atoms with van der Waals surface area (Å²) >= 11 is 12.2. The molecule has 0 aromatic heterocycles. The minimum Gasteiger partial charge on any atom is -0.381 e. The quantitative estimate of drug-likeness (QED) is 0.716. The van der Waals surface area contributed by atoms with Crippen molar-refractivity contribution in [2.45, 2.75) is 57.0 Å². The van der Waals surface area contributed by atoms with E-state index in [1.54, 1.807) is 6.07 Å². The smallest absolute Gasteiger partial charge is 0.227 e. The van der Waals surface area contributed by atoms with Gasteiger partial charge in [0.2, 0.25) is 5.91 Å². The van der Waals surface area contributed by atoms with Crippen molar-refractivity contribution in [3.63, 3.8) is 0 Å². The second-order valence-corrected chi connectivity index (χ2v) is 9.56. The van der Waals surface area contributed by atoms with Crippen molar-refractivity contribution in [3.8, 4) is 0 Å². The summed E-state index contributed by atoms with van der Waals surface area (Å²) in [5.74, 6) is 0.153. The molecule has 3 fully saturated rings. The second-order valence-electron chi connectivity index (χ2n) is 8.74. The van der Waals surface area contributed by atoms with Crippen LogP contribution in [0.2, 0.25) is 10.0 Å². The third-order valence-electron chi connectivity index (χ3n) is 7.06. The monoisotopic (exact) mass is 424 g/mol. The van der Waals surface area contributed by atoms with Crippen LogP contribution in [0.15, 0.2) is 18.2 Å². The van der Waals surface area contributed by atoms with Crippen LogP contribution < -0.4 is 0 Å². The maximum atomic E-state index is 13.3. The Morgan fingerprint density at radius 2 is 2.00 bits per heavy atom. The molecule has 1 spiro atoms. The van der Waals surface area contributed by atoms with Crippen LogP contribution in [0.4, 0.5) is 0 Å². The van der Waals surface area contributed by atoms with Crippen molar-refractivity contribution >= 4 is 29.1 Å². The summed E-state index contributed by atoms with van der Waals surface area (Å²) in [5, 5.41) is 1.03. The van der Waals surface area contributed by atoms with Crippen molar-refractivity contribution in [2.24, 2.45) is 5.41 Å². The molecule has 1 aromatic rings. The van der Waals surface area contributed by atoms with E-state index in [1.807, 2.05) is 24.1 Å². The number of likely N-dealkylation sites (tertiary alicyclic amines) is 1. The molecule has 28 heavy (non-hydrogen) atoms. The molecule has 4 nitrogen and oxygen atoms in total. The summed E-state index contributed by atoms with van der Waals surface area (Å²) in [6, 6.07) is 6.14. The van der Waals surface area contributed by atoms with Gasteiger partial charge < -0.3 is 9.64 Å². The van der Waals surface area contributed by atoms with E-state index >= 15 is 0 Å². The van der Waals surface area contributed by atoms with Gasteiger partial charge in [0.25, 0.3) is 0 Å². The molecule has 1 aromatic carbocycles. The zero-order valence-electron chi connectivity index (χ0n) is 16.6. The summed E-state index contributed by atoms with van der Waals surface area (Å²) in [4.78, 5) is 18.0. The molecule has 0 N–H and O–H groups in total. The maximum absolute atomic E-state index is 13.3. The molecule has 154 valence electrons. The van der Waals surface area contributed by atoms with Gasteiger partial charge in [0, 0.05) is 25.1 Å². The fourth-order valence-electron chi connectivity index (χ4n) is 5.66.